The number of pyridine rings is 4. The molecule has 0 spiro atoms. The molecule has 6 aromatic heterocycles. The molecule has 0 atom stereocenters. The highest BCUT2D eigenvalue weighted by Crippen LogP contribution is 2.26. The molecule has 2 saturated heterocycles. The molecule has 6 aromatic rings. The Labute approximate surface area is 315 Å². The molecule has 14 heteroatoms. The molecule has 2 aliphatic heterocycles. The minimum atomic E-state index is 0.282. The van der Waals surface area contributed by atoms with E-state index in [0.717, 1.165) is 98.2 Å². The summed E-state index contributed by atoms with van der Waals surface area (Å²) in [7, 11) is 0. The van der Waals surface area contributed by atoms with E-state index < -0.39 is 0 Å². The van der Waals surface area contributed by atoms with Gasteiger partial charge < -0.3 is 22.1 Å². The van der Waals surface area contributed by atoms with E-state index in [9.17, 15) is 0 Å². The maximum absolute atomic E-state index is 6.47. The van der Waals surface area contributed by atoms with Gasteiger partial charge in [0.2, 0.25) is 11.9 Å². The number of hydrogen-bond acceptors (Lipinski definition) is 13. The molecule has 8 heterocycles. The lowest BCUT2D eigenvalue weighted by molar-refractivity contribution is -0.688. The zero-order valence-electron chi connectivity index (χ0n) is 31.3. The lowest BCUT2D eigenvalue weighted by Crippen LogP contribution is -2.39. The standard InChI is InChI=1S/C40H49N14/c1-25-19-27(3)44-37-33(25)35(41)48-39(50-37)46-30-8-15-52(16-9-30)22-28-6-13-54(14-7-28)24-32-20-26(2)34-36(42)49-40(51-38(34)45-32)47-31-10-17-53(18-11-31)23-29-5-4-12-43-21-29/h4-7,12-14,19-21,30-31H,8-11,15-18,22-24H2,1-3H3,(H3,41,44,46,48,50)(H3,42,45,47,49,51)/q+1. The van der Waals surface area contributed by atoms with Crippen molar-refractivity contribution in [1.29, 1.82) is 0 Å². The van der Waals surface area contributed by atoms with Gasteiger partial charge in [0.15, 0.2) is 30.2 Å². The third-order valence-electron chi connectivity index (χ3n) is 10.6. The van der Waals surface area contributed by atoms with Gasteiger partial charge in [-0.1, -0.05) is 6.07 Å². The first kappa shape index (κ1) is 35.4. The molecule has 0 saturated carbocycles. The summed E-state index contributed by atoms with van der Waals surface area (Å²) in [5.74, 6) is 2.02. The van der Waals surface area contributed by atoms with E-state index >= 15 is 0 Å². The summed E-state index contributed by atoms with van der Waals surface area (Å²) in [6, 6.07) is 13.2. The second-order valence-corrected chi connectivity index (χ2v) is 14.9. The molecule has 0 unspecified atom stereocenters. The Morgan fingerprint density at radius 1 is 0.685 bits per heavy atom. The van der Waals surface area contributed by atoms with E-state index in [1.807, 2.05) is 45.3 Å². The third kappa shape index (κ3) is 8.14. The molecule has 14 nitrogen and oxygen atoms in total. The van der Waals surface area contributed by atoms with Gasteiger partial charge in [-0.05, 0) is 86.9 Å². The van der Waals surface area contributed by atoms with Gasteiger partial charge in [0.1, 0.15) is 17.3 Å². The van der Waals surface area contributed by atoms with Crippen molar-refractivity contribution in [2.24, 2.45) is 0 Å². The Bertz CT molecular complexity index is 2250. The van der Waals surface area contributed by atoms with Crippen LogP contribution in [0.15, 0.2) is 61.2 Å². The second-order valence-electron chi connectivity index (χ2n) is 14.9. The SMILES string of the molecule is Cc1cc(C)c2c(N)nc(NC3CCN(Cc4cc[n+](Cc5cc(C)c6c(N)nc(NC7CCN(Cc8cccnc8)CC7)nc6n5)cc4)CC3)nc2n1. The lowest BCUT2D eigenvalue weighted by atomic mass is 10.0. The average molecular weight is 726 g/mol. The number of likely N-dealkylation sites (tertiary alicyclic amines) is 2. The number of fused-ring (bicyclic) bond motifs is 2. The van der Waals surface area contributed by atoms with Crippen LogP contribution in [0.25, 0.3) is 22.1 Å². The average Bonchev–Trinajstić information content (AvgIpc) is 3.14. The van der Waals surface area contributed by atoms with Crippen LogP contribution < -0.4 is 26.7 Å². The summed E-state index contributed by atoms with van der Waals surface area (Å²) >= 11 is 0. The minimum absolute atomic E-state index is 0.282. The molecule has 0 amide bonds. The molecule has 0 aromatic carbocycles. The fourth-order valence-corrected chi connectivity index (χ4v) is 7.87. The number of nitrogen functional groups attached to an aromatic ring is 2. The van der Waals surface area contributed by atoms with Crippen molar-refractivity contribution in [3.63, 3.8) is 0 Å². The quantitative estimate of drug-likeness (QED) is 0.147. The molecule has 2 aliphatic rings. The van der Waals surface area contributed by atoms with Crippen molar-refractivity contribution in [2.75, 3.05) is 48.3 Å². The number of nitrogens with one attached hydrogen (secondary N) is 2. The van der Waals surface area contributed by atoms with Crippen LogP contribution in [0.3, 0.4) is 0 Å². The summed E-state index contributed by atoms with van der Waals surface area (Å²) in [5.41, 5.74) is 20.5. The van der Waals surface area contributed by atoms with Crippen LogP contribution in [-0.2, 0) is 19.6 Å². The molecule has 54 heavy (non-hydrogen) atoms. The molecule has 2 fully saturated rings. The number of anilines is 4. The summed E-state index contributed by atoms with van der Waals surface area (Å²) in [4.78, 5) is 37.4. The monoisotopic (exact) mass is 725 g/mol. The van der Waals surface area contributed by atoms with Crippen molar-refractivity contribution in [3.8, 4) is 0 Å². The number of piperidine rings is 2. The second kappa shape index (κ2) is 15.4. The van der Waals surface area contributed by atoms with Crippen molar-refractivity contribution in [2.45, 2.75) is 78.2 Å². The van der Waals surface area contributed by atoms with Gasteiger partial charge in [-0.15, -0.1) is 0 Å². The van der Waals surface area contributed by atoms with Gasteiger partial charge in [-0.25, -0.2) is 9.97 Å². The largest absolute Gasteiger partial charge is 0.383 e. The first-order valence-electron chi connectivity index (χ1n) is 18.9. The number of nitrogens with two attached hydrogens (primary N) is 2. The van der Waals surface area contributed by atoms with Gasteiger partial charge in [0.05, 0.1) is 10.8 Å². The van der Waals surface area contributed by atoms with Crippen molar-refractivity contribution in [1.82, 2.24) is 44.7 Å². The van der Waals surface area contributed by atoms with E-state index in [1.165, 1.54) is 11.1 Å². The van der Waals surface area contributed by atoms with Crippen molar-refractivity contribution in [3.05, 3.63) is 94.8 Å². The van der Waals surface area contributed by atoms with E-state index in [-0.39, 0.29) is 12.1 Å². The fraction of sp³-hybridized carbons (Fsp3) is 0.400. The Hall–Kier alpha value is -5.60. The summed E-state index contributed by atoms with van der Waals surface area (Å²) < 4.78 is 2.16. The molecule has 6 N–H and O–H groups in total. The van der Waals surface area contributed by atoms with Crippen LogP contribution in [-0.4, -0.2) is 83.0 Å². The third-order valence-corrected chi connectivity index (χ3v) is 10.6. The van der Waals surface area contributed by atoms with Gasteiger partial charge in [0, 0.05) is 81.6 Å². The first-order chi connectivity index (χ1) is 26.2. The molecular formula is C40H49N14+. The van der Waals surface area contributed by atoms with Crippen molar-refractivity contribution >= 4 is 45.6 Å². The van der Waals surface area contributed by atoms with Crippen LogP contribution in [0.5, 0.6) is 0 Å². The number of hydrogen-bond donors (Lipinski definition) is 4. The Kier molecular flexibility index (Phi) is 10.1. The Morgan fingerprint density at radius 3 is 1.81 bits per heavy atom. The van der Waals surface area contributed by atoms with Crippen LogP contribution in [0.1, 0.15) is 59.3 Å². The lowest BCUT2D eigenvalue weighted by Gasteiger charge is -2.32. The highest BCUT2D eigenvalue weighted by atomic mass is 15.2. The minimum Gasteiger partial charge on any atom is -0.383 e. The molecule has 278 valence electrons. The maximum atomic E-state index is 6.47. The zero-order valence-corrected chi connectivity index (χ0v) is 31.3. The first-order valence-corrected chi connectivity index (χ1v) is 18.9. The van der Waals surface area contributed by atoms with E-state index in [4.69, 9.17) is 21.4 Å². The van der Waals surface area contributed by atoms with Crippen LogP contribution in [0.2, 0.25) is 0 Å². The van der Waals surface area contributed by atoms with Gasteiger partial charge in [0.25, 0.3) is 0 Å². The number of rotatable bonds is 10. The summed E-state index contributed by atoms with van der Waals surface area (Å²) in [5, 5.41) is 8.70. The van der Waals surface area contributed by atoms with Gasteiger partial charge in [-0.3, -0.25) is 14.8 Å². The number of aromatic nitrogens is 8. The molecule has 0 radical (unpaired) electrons. The Morgan fingerprint density at radius 2 is 1.24 bits per heavy atom. The summed E-state index contributed by atoms with van der Waals surface area (Å²) in [6.45, 7) is 12.5. The Balaban J connectivity index is 0.845. The molecule has 0 aliphatic carbocycles. The van der Waals surface area contributed by atoms with Gasteiger partial charge >= 0.3 is 0 Å². The molecular weight excluding hydrogens is 677 g/mol. The molecule has 0 bridgehead atoms. The van der Waals surface area contributed by atoms with Gasteiger partial charge in [-0.2, -0.15) is 24.5 Å². The highest BCUT2D eigenvalue weighted by Gasteiger charge is 2.23. The number of aryl methyl sites for hydroxylation is 3. The fourth-order valence-electron chi connectivity index (χ4n) is 7.87. The smallest absolute Gasteiger partial charge is 0.226 e. The zero-order chi connectivity index (χ0) is 37.2. The maximum Gasteiger partial charge on any atom is 0.226 e. The predicted molar refractivity (Wildman–Crippen MR) is 212 cm³/mol. The molecule has 8 rings (SSSR count). The van der Waals surface area contributed by atoms with E-state index in [1.54, 1.807) is 0 Å². The van der Waals surface area contributed by atoms with E-state index in [2.05, 4.69) is 86.6 Å². The van der Waals surface area contributed by atoms with Crippen molar-refractivity contribution < 1.29 is 4.57 Å². The van der Waals surface area contributed by atoms with Crippen LogP contribution in [0.4, 0.5) is 23.5 Å². The summed E-state index contributed by atoms with van der Waals surface area (Å²) in [6.07, 6.45) is 12.0. The predicted octanol–water partition coefficient (Wildman–Crippen LogP) is 4.34. The normalized spacial score (nSPS) is 16.3. The highest BCUT2D eigenvalue weighted by molar-refractivity contribution is 5.90. The van der Waals surface area contributed by atoms with Crippen LogP contribution >= 0.6 is 0 Å². The van der Waals surface area contributed by atoms with E-state index in [0.29, 0.717) is 41.4 Å². The van der Waals surface area contributed by atoms with Crippen LogP contribution in [0, 0.1) is 20.8 Å². The topological polar surface area (TPSA) is 177 Å². The number of nitrogens with zero attached hydrogens (tertiary/aromatic N) is 10.